The van der Waals surface area contributed by atoms with Gasteiger partial charge in [-0.3, -0.25) is 9.59 Å². The Hall–Kier alpha value is -3.26. The number of hydrogen-bond acceptors (Lipinski definition) is 4. The van der Waals surface area contributed by atoms with E-state index in [1.54, 1.807) is 41.3 Å². The van der Waals surface area contributed by atoms with Crippen LogP contribution < -0.4 is 15.5 Å². The van der Waals surface area contributed by atoms with Crippen molar-refractivity contribution in [2.45, 2.75) is 6.92 Å². The number of carbonyl (C=O) groups excluding carboxylic acids is 2. The number of carbonyl (C=O) groups is 2. The topological polar surface area (TPSA) is 90.1 Å². The number of rotatable bonds is 5. The van der Waals surface area contributed by atoms with E-state index in [1.165, 1.54) is 6.07 Å². The number of H-pyrrole nitrogens is 1. The smallest absolute Gasteiger partial charge is 0.258 e. The molecular formula is C24H20Cl3N5O2. The number of halogens is 3. The molecule has 3 aromatic carbocycles. The molecule has 10 heteroatoms. The lowest BCUT2D eigenvalue weighted by Crippen LogP contribution is -2.15. The standard InChI is InChI=1S/C24H20Cl3N5O2/c1-12-4-6-14(10-19(12)27)28-23(34)17-9-15(11-20-21(17)31-24(30-20)32(2)3)29-22(33)16-8-13(25)5-7-18(16)26/h4-11H,1-3H3,(H,28,34)(H,29,33)(H,30,31). The molecule has 0 saturated carbocycles. The fourth-order valence-corrected chi connectivity index (χ4v) is 3.86. The molecular weight excluding hydrogens is 497 g/mol. The SMILES string of the molecule is Cc1ccc(NC(=O)c2cc(NC(=O)c3cc(Cl)ccc3Cl)cc3[nH]c(N(C)C)nc23)cc1Cl. The van der Waals surface area contributed by atoms with Crippen LogP contribution in [0.4, 0.5) is 17.3 Å². The van der Waals surface area contributed by atoms with Crippen molar-refractivity contribution < 1.29 is 9.59 Å². The van der Waals surface area contributed by atoms with Gasteiger partial charge < -0.3 is 20.5 Å². The first kappa shape index (κ1) is 23.9. The Morgan fingerprint density at radius 3 is 2.26 bits per heavy atom. The summed E-state index contributed by atoms with van der Waals surface area (Å²) in [5, 5.41) is 6.81. The second-order valence-corrected chi connectivity index (χ2v) is 9.12. The summed E-state index contributed by atoms with van der Waals surface area (Å²) in [7, 11) is 3.66. The fourth-order valence-electron chi connectivity index (χ4n) is 3.30. The number of anilines is 3. The summed E-state index contributed by atoms with van der Waals surface area (Å²) >= 11 is 18.4. The molecule has 0 aliphatic carbocycles. The van der Waals surface area contributed by atoms with Crippen molar-refractivity contribution in [1.82, 2.24) is 9.97 Å². The van der Waals surface area contributed by atoms with E-state index in [0.717, 1.165) is 5.56 Å². The average molecular weight is 517 g/mol. The fraction of sp³-hybridized carbons (Fsp3) is 0.125. The molecule has 0 atom stereocenters. The first-order chi connectivity index (χ1) is 16.1. The second kappa shape index (κ2) is 9.54. The Balaban J connectivity index is 1.73. The van der Waals surface area contributed by atoms with Crippen molar-refractivity contribution in [1.29, 1.82) is 0 Å². The summed E-state index contributed by atoms with van der Waals surface area (Å²) in [6.45, 7) is 1.88. The lowest BCUT2D eigenvalue weighted by molar-refractivity contribution is 0.101. The maximum absolute atomic E-state index is 13.2. The Kier molecular flexibility index (Phi) is 6.70. The van der Waals surface area contributed by atoms with Gasteiger partial charge in [-0.2, -0.15) is 0 Å². The van der Waals surface area contributed by atoms with Crippen LogP contribution >= 0.6 is 34.8 Å². The lowest BCUT2D eigenvalue weighted by atomic mass is 10.1. The molecule has 0 bridgehead atoms. The van der Waals surface area contributed by atoms with Gasteiger partial charge in [-0.1, -0.05) is 40.9 Å². The third-order valence-corrected chi connectivity index (χ3v) is 6.07. The number of fused-ring (bicyclic) bond motifs is 1. The molecule has 34 heavy (non-hydrogen) atoms. The van der Waals surface area contributed by atoms with Crippen molar-refractivity contribution in [2.24, 2.45) is 0 Å². The van der Waals surface area contributed by atoms with Gasteiger partial charge >= 0.3 is 0 Å². The highest BCUT2D eigenvalue weighted by molar-refractivity contribution is 6.36. The zero-order valence-electron chi connectivity index (χ0n) is 18.5. The van der Waals surface area contributed by atoms with Crippen LogP contribution in [0, 0.1) is 6.92 Å². The van der Waals surface area contributed by atoms with Crippen LogP contribution in [0.5, 0.6) is 0 Å². The number of aryl methyl sites for hydroxylation is 1. The number of aromatic nitrogens is 2. The van der Waals surface area contributed by atoms with Crippen LogP contribution in [0.1, 0.15) is 26.3 Å². The van der Waals surface area contributed by atoms with Gasteiger partial charge in [0.2, 0.25) is 5.95 Å². The van der Waals surface area contributed by atoms with Crippen LogP contribution in [0.3, 0.4) is 0 Å². The van der Waals surface area contributed by atoms with Crippen molar-refractivity contribution >= 4 is 75.0 Å². The number of nitrogens with zero attached hydrogens (tertiary/aromatic N) is 2. The summed E-state index contributed by atoms with van der Waals surface area (Å²) in [4.78, 5) is 35.6. The minimum absolute atomic E-state index is 0.216. The van der Waals surface area contributed by atoms with E-state index in [0.29, 0.717) is 38.4 Å². The minimum atomic E-state index is -0.462. The van der Waals surface area contributed by atoms with E-state index in [2.05, 4.69) is 20.6 Å². The van der Waals surface area contributed by atoms with Crippen molar-refractivity contribution in [3.8, 4) is 0 Å². The van der Waals surface area contributed by atoms with Gasteiger partial charge in [-0.25, -0.2) is 4.98 Å². The monoisotopic (exact) mass is 515 g/mol. The third kappa shape index (κ3) is 4.97. The van der Waals surface area contributed by atoms with Gasteiger partial charge in [-0.05, 0) is 55.0 Å². The van der Waals surface area contributed by atoms with Crippen LogP contribution in [0.2, 0.25) is 15.1 Å². The first-order valence-corrected chi connectivity index (χ1v) is 11.3. The molecule has 0 saturated heterocycles. The Bertz CT molecular complexity index is 1430. The molecule has 0 spiro atoms. The van der Waals surface area contributed by atoms with Crippen LogP contribution in [0.25, 0.3) is 11.0 Å². The van der Waals surface area contributed by atoms with Gasteiger partial charge in [0, 0.05) is 35.5 Å². The Morgan fingerprint density at radius 2 is 1.56 bits per heavy atom. The summed E-state index contributed by atoms with van der Waals surface area (Å²) in [6.07, 6.45) is 0. The number of benzene rings is 3. The molecule has 1 heterocycles. The van der Waals surface area contributed by atoms with Gasteiger partial charge in [0.1, 0.15) is 5.52 Å². The Morgan fingerprint density at radius 1 is 0.853 bits per heavy atom. The van der Waals surface area contributed by atoms with Gasteiger partial charge in [-0.15, -0.1) is 0 Å². The molecule has 0 unspecified atom stereocenters. The molecule has 0 radical (unpaired) electrons. The summed E-state index contributed by atoms with van der Waals surface area (Å²) in [5.74, 6) is -0.307. The van der Waals surface area contributed by atoms with E-state index in [-0.39, 0.29) is 16.1 Å². The highest BCUT2D eigenvalue weighted by Crippen LogP contribution is 2.28. The van der Waals surface area contributed by atoms with Crippen LogP contribution in [0.15, 0.2) is 48.5 Å². The Labute approximate surface area is 211 Å². The molecule has 174 valence electrons. The number of imidazole rings is 1. The highest BCUT2D eigenvalue weighted by atomic mass is 35.5. The van der Waals surface area contributed by atoms with Crippen LogP contribution in [-0.4, -0.2) is 35.9 Å². The molecule has 7 nitrogen and oxygen atoms in total. The number of aromatic amines is 1. The van der Waals surface area contributed by atoms with Gasteiger partial charge in [0.25, 0.3) is 11.8 Å². The van der Waals surface area contributed by atoms with Gasteiger partial charge in [0.05, 0.1) is 21.7 Å². The first-order valence-electron chi connectivity index (χ1n) is 10.2. The summed E-state index contributed by atoms with van der Waals surface area (Å²) in [6, 6.07) is 13.1. The zero-order valence-corrected chi connectivity index (χ0v) is 20.7. The van der Waals surface area contributed by atoms with Crippen molar-refractivity contribution in [3.05, 3.63) is 80.3 Å². The van der Waals surface area contributed by atoms with E-state index in [4.69, 9.17) is 34.8 Å². The summed E-state index contributed by atoms with van der Waals surface area (Å²) < 4.78 is 0. The number of nitrogens with one attached hydrogen (secondary N) is 3. The number of amides is 2. The van der Waals surface area contributed by atoms with Crippen molar-refractivity contribution in [2.75, 3.05) is 29.6 Å². The molecule has 0 fully saturated rings. The molecule has 4 aromatic rings. The van der Waals surface area contributed by atoms with Gasteiger partial charge in [0.15, 0.2) is 0 Å². The lowest BCUT2D eigenvalue weighted by Gasteiger charge is -2.11. The molecule has 1 aromatic heterocycles. The van der Waals surface area contributed by atoms with E-state index < -0.39 is 11.8 Å². The normalized spacial score (nSPS) is 10.9. The minimum Gasteiger partial charge on any atom is -0.349 e. The second-order valence-electron chi connectivity index (χ2n) is 7.87. The zero-order chi connectivity index (χ0) is 24.6. The highest BCUT2D eigenvalue weighted by Gasteiger charge is 2.19. The maximum Gasteiger partial charge on any atom is 0.258 e. The quantitative estimate of drug-likeness (QED) is 0.286. The summed E-state index contributed by atoms with van der Waals surface area (Å²) in [5.41, 5.74) is 3.34. The molecule has 0 aliphatic heterocycles. The van der Waals surface area contributed by atoms with E-state index in [1.807, 2.05) is 27.1 Å². The van der Waals surface area contributed by atoms with Crippen LogP contribution in [-0.2, 0) is 0 Å². The van der Waals surface area contributed by atoms with Crippen molar-refractivity contribution in [3.63, 3.8) is 0 Å². The largest absolute Gasteiger partial charge is 0.349 e. The molecule has 4 rings (SSSR count). The third-order valence-electron chi connectivity index (χ3n) is 5.10. The predicted molar refractivity (Wildman–Crippen MR) is 139 cm³/mol. The molecule has 0 aliphatic rings. The maximum atomic E-state index is 13.2. The van der Waals surface area contributed by atoms with E-state index in [9.17, 15) is 9.59 Å². The predicted octanol–water partition coefficient (Wildman–Crippen LogP) is 6.40. The average Bonchev–Trinajstić information content (AvgIpc) is 3.22. The number of hydrogen-bond donors (Lipinski definition) is 3. The molecule has 3 N–H and O–H groups in total. The van der Waals surface area contributed by atoms with E-state index >= 15 is 0 Å². The molecule has 2 amide bonds.